The smallest absolute Gasteiger partial charge is 0.260 e. The number of aryl methyl sites for hydroxylation is 1. The van der Waals surface area contributed by atoms with Crippen LogP contribution in [0.1, 0.15) is 30.7 Å². The highest BCUT2D eigenvalue weighted by Gasteiger charge is 2.22. The molecule has 0 unspecified atom stereocenters. The largest absolute Gasteiger partial charge is 0.356 e. The summed E-state index contributed by atoms with van der Waals surface area (Å²) in [5.74, 6) is 1.33. The average molecular weight is 337 g/mol. The molecule has 0 bridgehead atoms. The molecule has 0 saturated heterocycles. The van der Waals surface area contributed by atoms with Crippen molar-refractivity contribution in [3.63, 3.8) is 0 Å². The fourth-order valence-corrected chi connectivity index (χ4v) is 4.93. The van der Waals surface area contributed by atoms with Gasteiger partial charge in [-0.05, 0) is 30.7 Å². The molecule has 7 heteroatoms. The molecule has 0 radical (unpaired) electrons. The molecule has 0 aromatic carbocycles. The van der Waals surface area contributed by atoms with Gasteiger partial charge in [0.05, 0.1) is 5.39 Å². The van der Waals surface area contributed by atoms with E-state index in [4.69, 9.17) is 0 Å². The van der Waals surface area contributed by atoms with Crippen LogP contribution in [0.15, 0.2) is 9.95 Å². The molecule has 0 spiro atoms. The minimum Gasteiger partial charge on any atom is -0.356 e. The highest BCUT2D eigenvalue weighted by Crippen LogP contribution is 2.36. The predicted molar refractivity (Wildman–Crippen MR) is 90.8 cm³/mol. The maximum absolute atomic E-state index is 12.4. The SMILES string of the molecule is CC(=O)NCCSc1nc2sc3c(c2c(=O)[nH]1)CC[C@@H](C)C3. The summed E-state index contributed by atoms with van der Waals surface area (Å²) in [4.78, 5) is 32.9. The van der Waals surface area contributed by atoms with E-state index in [9.17, 15) is 9.59 Å². The Hall–Kier alpha value is -1.34. The van der Waals surface area contributed by atoms with E-state index in [1.165, 1.54) is 29.1 Å². The van der Waals surface area contributed by atoms with E-state index in [1.54, 1.807) is 11.3 Å². The number of nitrogens with one attached hydrogen (secondary N) is 2. The number of rotatable bonds is 4. The molecule has 118 valence electrons. The number of aromatic amines is 1. The van der Waals surface area contributed by atoms with E-state index in [0.717, 1.165) is 29.5 Å². The number of thioether (sulfide) groups is 1. The summed E-state index contributed by atoms with van der Waals surface area (Å²) in [7, 11) is 0. The van der Waals surface area contributed by atoms with Crippen molar-refractivity contribution in [2.24, 2.45) is 5.92 Å². The molecule has 2 heterocycles. The van der Waals surface area contributed by atoms with E-state index in [1.807, 2.05) is 0 Å². The van der Waals surface area contributed by atoms with Crippen molar-refractivity contribution in [2.45, 2.75) is 38.3 Å². The topological polar surface area (TPSA) is 74.8 Å². The first-order valence-electron chi connectivity index (χ1n) is 7.46. The molecular formula is C15H19N3O2S2. The average Bonchev–Trinajstić information content (AvgIpc) is 2.81. The van der Waals surface area contributed by atoms with Gasteiger partial charge < -0.3 is 10.3 Å². The third-order valence-corrected chi connectivity index (χ3v) is 5.88. The first-order chi connectivity index (χ1) is 10.5. The van der Waals surface area contributed by atoms with Crippen LogP contribution in [0.4, 0.5) is 0 Å². The Labute approximate surface area is 136 Å². The van der Waals surface area contributed by atoms with Gasteiger partial charge in [0.2, 0.25) is 5.91 Å². The summed E-state index contributed by atoms with van der Waals surface area (Å²) < 4.78 is 0. The van der Waals surface area contributed by atoms with Crippen LogP contribution < -0.4 is 10.9 Å². The third-order valence-electron chi connectivity index (χ3n) is 3.86. The van der Waals surface area contributed by atoms with E-state index >= 15 is 0 Å². The molecule has 1 atom stereocenters. The number of carbonyl (C=O) groups is 1. The van der Waals surface area contributed by atoms with Crippen LogP contribution in [0.25, 0.3) is 10.2 Å². The van der Waals surface area contributed by atoms with Crippen molar-refractivity contribution in [1.29, 1.82) is 0 Å². The number of H-pyrrole nitrogens is 1. The Morgan fingerprint density at radius 2 is 2.36 bits per heavy atom. The molecule has 1 aliphatic rings. The van der Waals surface area contributed by atoms with E-state index < -0.39 is 0 Å². The Bertz CT molecular complexity index is 766. The van der Waals surface area contributed by atoms with Crippen molar-refractivity contribution in [1.82, 2.24) is 15.3 Å². The zero-order valence-corrected chi connectivity index (χ0v) is 14.3. The number of hydrogen-bond acceptors (Lipinski definition) is 5. The van der Waals surface area contributed by atoms with Crippen LogP contribution in [0.2, 0.25) is 0 Å². The molecule has 1 aliphatic carbocycles. The Morgan fingerprint density at radius 3 is 3.14 bits per heavy atom. The molecule has 2 N–H and O–H groups in total. The van der Waals surface area contributed by atoms with Crippen LogP contribution in [0.3, 0.4) is 0 Å². The first kappa shape index (κ1) is 15.6. The van der Waals surface area contributed by atoms with Gasteiger partial charge in [-0.3, -0.25) is 9.59 Å². The maximum Gasteiger partial charge on any atom is 0.260 e. The van der Waals surface area contributed by atoms with Crippen LogP contribution in [0.5, 0.6) is 0 Å². The van der Waals surface area contributed by atoms with Gasteiger partial charge in [0.25, 0.3) is 5.56 Å². The number of amides is 1. The molecule has 0 fully saturated rings. The van der Waals surface area contributed by atoms with Crippen LogP contribution >= 0.6 is 23.1 Å². The van der Waals surface area contributed by atoms with Crippen LogP contribution in [-0.2, 0) is 17.6 Å². The van der Waals surface area contributed by atoms with Gasteiger partial charge in [-0.15, -0.1) is 11.3 Å². The molecule has 2 aromatic heterocycles. The van der Waals surface area contributed by atoms with Crippen LogP contribution in [0, 0.1) is 5.92 Å². The second-order valence-electron chi connectivity index (χ2n) is 5.73. The standard InChI is InChI=1S/C15H19N3O2S2/c1-8-3-4-10-11(7-8)22-14-12(10)13(20)17-15(18-14)21-6-5-16-9(2)19/h8H,3-7H2,1-2H3,(H,16,19)(H,17,18,20)/t8-/m1/s1. The number of carbonyl (C=O) groups excluding carboxylic acids is 1. The second-order valence-corrected chi connectivity index (χ2v) is 7.90. The van der Waals surface area contributed by atoms with E-state index in [0.29, 0.717) is 23.4 Å². The van der Waals surface area contributed by atoms with Gasteiger partial charge in [-0.2, -0.15) is 0 Å². The Kier molecular flexibility index (Phi) is 4.54. The number of aromatic nitrogens is 2. The molecule has 0 aliphatic heterocycles. The zero-order valence-electron chi connectivity index (χ0n) is 12.7. The summed E-state index contributed by atoms with van der Waals surface area (Å²) in [6, 6.07) is 0. The normalized spacial score (nSPS) is 17.5. The predicted octanol–water partition coefficient (Wildman–Crippen LogP) is 2.34. The molecule has 1 amide bonds. The second kappa shape index (κ2) is 6.42. The minimum atomic E-state index is -0.0439. The summed E-state index contributed by atoms with van der Waals surface area (Å²) in [6.07, 6.45) is 3.18. The van der Waals surface area contributed by atoms with Gasteiger partial charge in [0, 0.05) is 24.1 Å². The summed E-state index contributed by atoms with van der Waals surface area (Å²) in [5, 5.41) is 4.16. The van der Waals surface area contributed by atoms with Gasteiger partial charge in [-0.1, -0.05) is 18.7 Å². The van der Waals surface area contributed by atoms with Crippen molar-refractivity contribution in [3.05, 3.63) is 20.8 Å². The lowest BCUT2D eigenvalue weighted by atomic mass is 9.89. The molecule has 2 aromatic rings. The quantitative estimate of drug-likeness (QED) is 0.510. The van der Waals surface area contributed by atoms with Crippen molar-refractivity contribution in [3.8, 4) is 0 Å². The molecule has 3 rings (SSSR count). The highest BCUT2D eigenvalue weighted by molar-refractivity contribution is 7.99. The van der Waals surface area contributed by atoms with E-state index in [-0.39, 0.29) is 11.5 Å². The molecular weight excluding hydrogens is 318 g/mol. The van der Waals surface area contributed by atoms with Gasteiger partial charge in [0.1, 0.15) is 4.83 Å². The zero-order chi connectivity index (χ0) is 15.7. The van der Waals surface area contributed by atoms with Crippen molar-refractivity contribution < 1.29 is 4.79 Å². The van der Waals surface area contributed by atoms with Gasteiger partial charge >= 0.3 is 0 Å². The number of thiophene rings is 1. The first-order valence-corrected chi connectivity index (χ1v) is 9.26. The van der Waals surface area contributed by atoms with Gasteiger partial charge in [0.15, 0.2) is 5.16 Å². The molecule has 0 saturated carbocycles. The van der Waals surface area contributed by atoms with Crippen molar-refractivity contribution >= 4 is 39.2 Å². The number of fused-ring (bicyclic) bond motifs is 3. The highest BCUT2D eigenvalue weighted by atomic mass is 32.2. The van der Waals surface area contributed by atoms with E-state index in [2.05, 4.69) is 22.2 Å². The lowest BCUT2D eigenvalue weighted by Gasteiger charge is -2.17. The summed E-state index contributed by atoms with van der Waals surface area (Å²) >= 11 is 3.12. The lowest BCUT2D eigenvalue weighted by molar-refractivity contribution is -0.118. The third kappa shape index (κ3) is 3.20. The number of nitrogens with zero attached hydrogens (tertiary/aromatic N) is 1. The Morgan fingerprint density at radius 1 is 1.55 bits per heavy atom. The fraction of sp³-hybridized carbons (Fsp3) is 0.533. The monoisotopic (exact) mass is 337 g/mol. The fourth-order valence-electron chi connectivity index (χ4n) is 2.77. The van der Waals surface area contributed by atoms with Gasteiger partial charge in [-0.25, -0.2) is 4.98 Å². The number of hydrogen-bond donors (Lipinski definition) is 2. The Balaban J connectivity index is 1.83. The maximum atomic E-state index is 12.4. The molecule has 22 heavy (non-hydrogen) atoms. The lowest BCUT2D eigenvalue weighted by Crippen LogP contribution is -2.22. The molecule has 5 nitrogen and oxygen atoms in total. The van der Waals surface area contributed by atoms with Crippen LogP contribution in [-0.4, -0.2) is 28.2 Å². The summed E-state index contributed by atoms with van der Waals surface area (Å²) in [6.45, 7) is 4.32. The van der Waals surface area contributed by atoms with Crippen molar-refractivity contribution in [2.75, 3.05) is 12.3 Å². The minimum absolute atomic E-state index is 0.0286. The summed E-state index contributed by atoms with van der Waals surface area (Å²) in [5.41, 5.74) is 1.18.